The topological polar surface area (TPSA) is 45.1 Å². The minimum absolute atomic E-state index is 0.511. The lowest BCUT2D eigenvalue weighted by molar-refractivity contribution is 0.0696. The number of nitrogens with zero attached hydrogens (tertiary/aromatic N) is 1. The number of hydrogen-bond donors (Lipinski definition) is 2. The summed E-state index contributed by atoms with van der Waals surface area (Å²) in [5.41, 5.74) is 0.263. The van der Waals surface area contributed by atoms with Crippen LogP contribution in [0.15, 0.2) is 16.6 Å². The molecule has 15 heavy (non-hydrogen) atoms. The minimum atomic E-state index is -0.678. The molecule has 0 fully saturated rings. The van der Waals surface area contributed by atoms with Crippen LogP contribution >= 0.6 is 15.9 Å². The van der Waals surface area contributed by atoms with Gasteiger partial charge >= 0.3 is 0 Å². The van der Waals surface area contributed by atoms with Crippen molar-refractivity contribution in [3.63, 3.8) is 0 Å². The molecular formula is C11H17BrN2O. The zero-order chi connectivity index (χ0) is 11.5. The van der Waals surface area contributed by atoms with Gasteiger partial charge in [-0.15, -0.1) is 0 Å². The molecule has 0 bridgehead atoms. The summed E-state index contributed by atoms with van der Waals surface area (Å²) < 4.78 is 0.996. The molecule has 0 aliphatic carbocycles. The largest absolute Gasteiger partial charge is 0.388 e. The third-order valence-corrected chi connectivity index (χ3v) is 3.27. The average molecular weight is 273 g/mol. The maximum Gasteiger partial charge on any atom is 0.126 e. The summed E-state index contributed by atoms with van der Waals surface area (Å²) in [6, 6.07) is 3.84. The molecule has 4 heteroatoms. The Hall–Kier alpha value is -0.610. The lowest BCUT2D eigenvalue weighted by atomic mass is 10.0. The van der Waals surface area contributed by atoms with E-state index < -0.39 is 5.60 Å². The van der Waals surface area contributed by atoms with Crippen LogP contribution in [0.4, 0.5) is 5.82 Å². The predicted octanol–water partition coefficient (Wildman–Crippen LogP) is 2.73. The molecule has 1 unspecified atom stereocenters. The Balaban J connectivity index is 2.62. The SMILES string of the molecule is CCC(C)(O)CNc1ccc(Br)c(C)n1. The number of anilines is 1. The van der Waals surface area contributed by atoms with Crippen molar-refractivity contribution in [2.75, 3.05) is 11.9 Å². The van der Waals surface area contributed by atoms with Gasteiger partial charge in [-0.05, 0) is 48.3 Å². The first-order valence-corrected chi connectivity index (χ1v) is 5.83. The molecule has 84 valence electrons. The summed E-state index contributed by atoms with van der Waals surface area (Å²) in [4.78, 5) is 4.34. The molecule has 1 aromatic rings. The van der Waals surface area contributed by atoms with Gasteiger partial charge in [0.25, 0.3) is 0 Å². The number of rotatable bonds is 4. The quantitative estimate of drug-likeness (QED) is 0.886. The highest BCUT2D eigenvalue weighted by Gasteiger charge is 2.16. The number of nitrogens with one attached hydrogen (secondary N) is 1. The van der Waals surface area contributed by atoms with E-state index in [0.29, 0.717) is 6.54 Å². The molecular weight excluding hydrogens is 256 g/mol. The molecule has 0 amide bonds. The van der Waals surface area contributed by atoms with E-state index in [-0.39, 0.29) is 0 Å². The molecule has 3 nitrogen and oxygen atoms in total. The van der Waals surface area contributed by atoms with Crippen LogP contribution < -0.4 is 5.32 Å². The molecule has 0 aromatic carbocycles. The van der Waals surface area contributed by atoms with Crippen molar-refractivity contribution in [3.05, 3.63) is 22.3 Å². The Morgan fingerprint density at radius 2 is 2.20 bits per heavy atom. The van der Waals surface area contributed by atoms with Crippen molar-refractivity contribution in [1.82, 2.24) is 4.98 Å². The van der Waals surface area contributed by atoms with Gasteiger partial charge in [0.1, 0.15) is 5.82 Å². The lowest BCUT2D eigenvalue weighted by Gasteiger charge is -2.22. The van der Waals surface area contributed by atoms with Crippen LogP contribution in [-0.2, 0) is 0 Å². The first-order chi connectivity index (χ1) is 6.94. The average Bonchev–Trinajstić information content (AvgIpc) is 2.20. The fraction of sp³-hybridized carbons (Fsp3) is 0.545. The molecule has 1 atom stereocenters. The second-order valence-corrected chi connectivity index (χ2v) is 4.82. The van der Waals surface area contributed by atoms with E-state index in [2.05, 4.69) is 26.2 Å². The van der Waals surface area contributed by atoms with Gasteiger partial charge in [0.05, 0.1) is 11.3 Å². The molecule has 0 saturated heterocycles. The maximum atomic E-state index is 9.81. The van der Waals surface area contributed by atoms with Crippen LogP contribution in [0.5, 0.6) is 0 Å². The second kappa shape index (κ2) is 4.94. The molecule has 1 aromatic heterocycles. The summed E-state index contributed by atoms with van der Waals surface area (Å²) in [6.07, 6.45) is 0.718. The highest BCUT2D eigenvalue weighted by Crippen LogP contribution is 2.17. The van der Waals surface area contributed by atoms with Crippen molar-refractivity contribution >= 4 is 21.7 Å². The zero-order valence-corrected chi connectivity index (χ0v) is 10.9. The third kappa shape index (κ3) is 3.80. The van der Waals surface area contributed by atoms with Crippen molar-refractivity contribution in [2.45, 2.75) is 32.8 Å². The minimum Gasteiger partial charge on any atom is -0.388 e. The molecule has 1 rings (SSSR count). The molecule has 0 radical (unpaired) electrons. The van der Waals surface area contributed by atoms with E-state index in [1.54, 1.807) is 0 Å². The van der Waals surface area contributed by atoms with Gasteiger partial charge < -0.3 is 10.4 Å². The Kier molecular flexibility index (Phi) is 4.11. The van der Waals surface area contributed by atoms with Crippen molar-refractivity contribution in [1.29, 1.82) is 0 Å². The van der Waals surface area contributed by atoms with Crippen molar-refractivity contribution < 1.29 is 5.11 Å². The third-order valence-electron chi connectivity index (χ3n) is 2.43. The molecule has 2 N–H and O–H groups in total. The van der Waals surface area contributed by atoms with Crippen LogP contribution in [0.2, 0.25) is 0 Å². The van der Waals surface area contributed by atoms with Gasteiger partial charge in [-0.1, -0.05) is 6.92 Å². The zero-order valence-electron chi connectivity index (χ0n) is 9.34. The highest BCUT2D eigenvalue weighted by atomic mass is 79.9. The van der Waals surface area contributed by atoms with Gasteiger partial charge in [-0.25, -0.2) is 4.98 Å². The smallest absolute Gasteiger partial charge is 0.126 e. The molecule has 0 aliphatic heterocycles. The summed E-state index contributed by atoms with van der Waals surface area (Å²) >= 11 is 3.39. The predicted molar refractivity (Wildman–Crippen MR) is 66.1 cm³/mol. The van der Waals surface area contributed by atoms with Gasteiger partial charge in [0.2, 0.25) is 0 Å². The van der Waals surface area contributed by atoms with Crippen LogP contribution in [0.1, 0.15) is 26.0 Å². The van der Waals surface area contributed by atoms with Crippen LogP contribution in [0, 0.1) is 6.92 Å². The van der Waals surface area contributed by atoms with Crippen molar-refractivity contribution in [2.24, 2.45) is 0 Å². The summed E-state index contributed by atoms with van der Waals surface area (Å²) in [5, 5.41) is 12.9. The van der Waals surface area contributed by atoms with Gasteiger partial charge in [-0.3, -0.25) is 0 Å². The van der Waals surface area contributed by atoms with Gasteiger partial charge in [0, 0.05) is 11.0 Å². The van der Waals surface area contributed by atoms with Crippen molar-refractivity contribution in [3.8, 4) is 0 Å². The summed E-state index contributed by atoms with van der Waals surface area (Å²) in [7, 11) is 0. The fourth-order valence-electron chi connectivity index (χ4n) is 1.05. The Morgan fingerprint density at radius 3 is 2.73 bits per heavy atom. The highest BCUT2D eigenvalue weighted by molar-refractivity contribution is 9.10. The first-order valence-electron chi connectivity index (χ1n) is 5.04. The lowest BCUT2D eigenvalue weighted by Crippen LogP contribution is -2.32. The van der Waals surface area contributed by atoms with E-state index in [0.717, 1.165) is 22.4 Å². The molecule has 1 heterocycles. The van der Waals surface area contributed by atoms with E-state index in [1.165, 1.54) is 0 Å². The molecule has 0 spiro atoms. The first kappa shape index (κ1) is 12.5. The van der Waals surface area contributed by atoms with E-state index in [1.807, 2.05) is 32.9 Å². The van der Waals surface area contributed by atoms with Crippen LogP contribution in [-0.4, -0.2) is 22.2 Å². The van der Waals surface area contributed by atoms with Crippen LogP contribution in [0.3, 0.4) is 0 Å². The summed E-state index contributed by atoms with van der Waals surface area (Å²) in [6.45, 7) is 6.22. The summed E-state index contributed by atoms with van der Waals surface area (Å²) in [5.74, 6) is 0.796. The van der Waals surface area contributed by atoms with Crippen LogP contribution in [0.25, 0.3) is 0 Å². The molecule has 0 aliphatic rings. The van der Waals surface area contributed by atoms with E-state index in [9.17, 15) is 5.11 Å². The number of halogens is 1. The van der Waals surface area contributed by atoms with E-state index >= 15 is 0 Å². The monoisotopic (exact) mass is 272 g/mol. The number of aryl methyl sites for hydroxylation is 1. The number of hydrogen-bond acceptors (Lipinski definition) is 3. The van der Waals surface area contributed by atoms with Gasteiger partial charge in [0.15, 0.2) is 0 Å². The standard InChI is InChI=1S/C11H17BrN2O/c1-4-11(3,15)7-13-10-6-5-9(12)8(2)14-10/h5-6,15H,4,7H2,1-3H3,(H,13,14). The second-order valence-electron chi connectivity index (χ2n) is 3.97. The Morgan fingerprint density at radius 1 is 1.53 bits per heavy atom. The number of aliphatic hydroxyl groups is 1. The number of pyridine rings is 1. The molecule has 0 saturated carbocycles. The Bertz CT molecular complexity index is 339. The fourth-order valence-corrected chi connectivity index (χ4v) is 1.27. The van der Waals surface area contributed by atoms with E-state index in [4.69, 9.17) is 0 Å². The normalized spacial score (nSPS) is 14.7. The van der Waals surface area contributed by atoms with Gasteiger partial charge in [-0.2, -0.15) is 0 Å². The maximum absolute atomic E-state index is 9.81. The number of aromatic nitrogens is 1. The Labute approximate surface area is 99.1 Å².